The van der Waals surface area contributed by atoms with E-state index in [0.717, 1.165) is 80.0 Å². The summed E-state index contributed by atoms with van der Waals surface area (Å²) >= 11 is 0. The fraction of sp³-hybridized carbons (Fsp3) is 0.512. The first-order valence-corrected chi connectivity index (χ1v) is 18.3. The van der Waals surface area contributed by atoms with Crippen molar-refractivity contribution in [2.24, 2.45) is 41.4 Å². The number of piperidine rings is 1. The van der Waals surface area contributed by atoms with Crippen molar-refractivity contribution in [1.82, 2.24) is 4.90 Å². The molecule has 1 aliphatic heterocycles. The van der Waals surface area contributed by atoms with Crippen molar-refractivity contribution in [2.75, 3.05) is 19.6 Å². The minimum absolute atomic E-state index is 0.357. The van der Waals surface area contributed by atoms with Gasteiger partial charge in [0.2, 0.25) is 0 Å². The molecule has 6 aliphatic rings. The summed E-state index contributed by atoms with van der Waals surface area (Å²) in [5, 5.41) is 0. The van der Waals surface area contributed by atoms with Crippen LogP contribution in [0.25, 0.3) is 0 Å². The van der Waals surface area contributed by atoms with Crippen LogP contribution >= 0.6 is 0 Å². The van der Waals surface area contributed by atoms with Crippen molar-refractivity contribution in [1.29, 1.82) is 0 Å². The number of fused-ring (bicyclic) bond motifs is 2. The third-order valence-corrected chi connectivity index (χ3v) is 12.3. The number of hydrogen-bond acceptors (Lipinski definition) is 2. The van der Waals surface area contributed by atoms with Gasteiger partial charge in [0, 0.05) is 24.4 Å². The van der Waals surface area contributed by atoms with Gasteiger partial charge in [-0.05, 0) is 129 Å². The zero-order valence-electron chi connectivity index (χ0n) is 27.0. The standard InChI is InChI=1S/C43H51NO/c45-43(25-32-18-20-44(21-19-32)29-39-11-5-9-36-28-42(36)39)38-10-4-6-33(23-38)22-30-12-14-31(15-13-30)24-41(34-7-2-1-3-8-34)37-17-16-35-26-40(35)27-37/h1-11,16-17,23,27,30-32,35-36,40-42H,12-15,18-22,24-26,28-29H2. The van der Waals surface area contributed by atoms with E-state index >= 15 is 0 Å². The lowest BCUT2D eigenvalue weighted by molar-refractivity contribution is 0.0931. The molecule has 2 aromatic carbocycles. The zero-order valence-corrected chi connectivity index (χ0v) is 27.0. The van der Waals surface area contributed by atoms with Crippen LogP contribution in [0, 0.1) is 41.4 Å². The SMILES string of the molecule is O=C(CC1CCN(CC2=CC=CC3CC23)CC1)c1cccc(CC2CCC(CC(C3=CC4CC4C=C3)c3ccccc3)CC2)c1. The molecule has 45 heavy (non-hydrogen) atoms. The van der Waals surface area contributed by atoms with Crippen molar-refractivity contribution in [3.05, 3.63) is 119 Å². The van der Waals surface area contributed by atoms with Gasteiger partial charge in [-0.3, -0.25) is 9.69 Å². The highest BCUT2D eigenvalue weighted by molar-refractivity contribution is 5.96. The molecule has 5 aliphatic carbocycles. The maximum atomic E-state index is 13.4. The largest absolute Gasteiger partial charge is 0.299 e. The van der Waals surface area contributed by atoms with Gasteiger partial charge in [0.05, 0.1) is 0 Å². The number of allylic oxidation sites excluding steroid dienone is 7. The van der Waals surface area contributed by atoms with Gasteiger partial charge in [-0.25, -0.2) is 0 Å². The van der Waals surface area contributed by atoms with Gasteiger partial charge >= 0.3 is 0 Å². The summed E-state index contributed by atoms with van der Waals surface area (Å²) in [6, 6.07) is 20.0. The van der Waals surface area contributed by atoms with E-state index in [-0.39, 0.29) is 0 Å². The lowest BCUT2D eigenvalue weighted by Crippen LogP contribution is -2.36. The van der Waals surface area contributed by atoms with Crippen molar-refractivity contribution >= 4 is 5.78 Å². The highest BCUT2D eigenvalue weighted by atomic mass is 16.1. The Kier molecular flexibility index (Phi) is 8.52. The number of ketones is 1. The molecule has 0 radical (unpaired) electrons. The van der Waals surface area contributed by atoms with Crippen molar-refractivity contribution in [2.45, 2.75) is 76.5 Å². The summed E-state index contributed by atoms with van der Waals surface area (Å²) in [4.78, 5) is 16.0. The van der Waals surface area contributed by atoms with Crippen LogP contribution in [0.4, 0.5) is 0 Å². The highest BCUT2D eigenvalue weighted by Gasteiger charge is 2.40. The Morgan fingerprint density at radius 2 is 1.62 bits per heavy atom. The third kappa shape index (κ3) is 7.07. The first kappa shape index (κ1) is 29.4. The van der Waals surface area contributed by atoms with Crippen LogP contribution in [0.5, 0.6) is 0 Å². The molecule has 0 aromatic heterocycles. The van der Waals surface area contributed by atoms with Gasteiger partial charge in [-0.15, -0.1) is 0 Å². The monoisotopic (exact) mass is 597 g/mol. The second-order valence-corrected chi connectivity index (χ2v) is 15.6. The molecule has 3 saturated carbocycles. The van der Waals surface area contributed by atoms with Gasteiger partial charge in [-0.1, -0.05) is 103 Å². The van der Waals surface area contributed by atoms with Crippen LogP contribution in [-0.2, 0) is 6.42 Å². The molecule has 2 heteroatoms. The average Bonchev–Trinajstić information content (AvgIpc) is 4.01. The summed E-state index contributed by atoms with van der Waals surface area (Å²) in [5.74, 6) is 6.27. The lowest BCUT2D eigenvalue weighted by Gasteiger charge is -2.32. The van der Waals surface area contributed by atoms with Gasteiger partial charge in [0.15, 0.2) is 5.78 Å². The Balaban J connectivity index is 0.808. The number of benzene rings is 2. The number of nitrogens with zero attached hydrogens (tertiary/aromatic N) is 1. The van der Waals surface area contributed by atoms with Crippen molar-refractivity contribution in [3.8, 4) is 0 Å². The second-order valence-electron chi connectivity index (χ2n) is 15.6. The molecule has 234 valence electrons. The smallest absolute Gasteiger partial charge is 0.163 e. The summed E-state index contributed by atoms with van der Waals surface area (Å²) in [5.41, 5.74) is 7.02. The van der Waals surface area contributed by atoms with E-state index in [4.69, 9.17) is 0 Å². The summed E-state index contributed by atoms with van der Waals surface area (Å²) in [6.07, 6.45) is 28.0. The second kappa shape index (κ2) is 13.0. The fourth-order valence-corrected chi connectivity index (χ4v) is 9.23. The Morgan fingerprint density at radius 1 is 0.800 bits per heavy atom. The zero-order chi connectivity index (χ0) is 30.2. The molecule has 2 nitrogen and oxygen atoms in total. The number of Topliss-reactive ketones (excluding diaryl/α,β-unsaturated/α-hetero) is 1. The lowest BCUT2D eigenvalue weighted by atomic mass is 9.73. The van der Waals surface area contributed by atoms with Gasteiger partial charge in [-0.2, -0.15) is 0 Å². The Labute approximate surface area is 271 Å². The van der Waals surface area contributed by atoms with E-state index in [0.29, 0.717) is 24.0 Å². The Bertz CT molecular complexity index is 1480. The van der Waals surface area contributed by atoms with Crippen LogP contribution in [0.3, 0.4) is 0 Å². The minimum atomic E-state index is 0.357. The van der Waals surface area contributed by atoms with Crippen LogP contribution in [0.1, 0.15) is 91.6 Å². The summed E-state index contributed by atoms with van der Waals surface area (Å²) < 4.78 is 0. The number of carbonyl (C=O) groups excluding carboxylic acids is 1. The molecule has 2 aromatic rings. The van der Waals surface area contributed by atoms with E-state index in [9.17, 15) is 4.79 Å². The molecule has 1 saturated heterocycles. The molecule has 4 fully saturated rings. The molecule has 0 bridgehead atoms. The quantitative estimate of drug-likeness (QED) is 0.240. The van der Waals surface area contributed by atoms with E-state index in [1.54, 1.807) is 11.1 Å². The average molecular weight is 598 g/mol. The normalized spacial score (nSPS) is 31.4. The molecule has 8 rings (SSSR count). The third-order valence-electron chi connectivity index (χ3n) is 12.3. The van der Waals surface area contributed by atoms with Crippen LogP contribution in [-0.4, -0.2) is 30.3 Å². The predicted octanol–water partition coefficient (Wildman–Crippen LogP) is 9.76. The fourth-order valence-electron chi connectivity index (χ4n) is 9.23. The van der Waals surface area contributed by atoms with E-state index in [1.807, 2.05) is 0 Å². The van der Waals surface area contributed by atoms with E-state index < -0.39 is 0 Å². The molecule has 5 atom stereocenters. The van der Waals surface area contributed by atoms with Crippen molar-refractivity contribution < 1.29 is 4.79 Å². The van der Waals surface area contributed by atoms with E-state index in [1.165, 1.54) is 56.1 Å². The number of carbonyl (C=O) groups is 1. The first-order valence-electron chi connectivity index (χ1n) is 18.3. The maximum Gasteiger partial charge on any atom is 0.163 e. The molecular formula is C43H51NO. The molecule has 1 heterocycles. The van der Waals surface area contributed by atoms with Gasteiger partial charge < -0.3 is 0 Å². The molecular weight excluding hydrogens is 546 g/mol. The Hall–Kier alpha value is -2.97. The molecule has 5 unspecified atom stereocenters. The maximum absolute atomic E-state index is 13.4. The van der Waals surface area contributed by atoms with E-state index in [2.05, 4.69) is 96.0 Å². The molecule has 0 amide bonds. The molecule has 0 N–H and O–H groups in total. The van der Waals surface area contributed by atoms with Gasteiger partial charge in [0.1, 0.15) is 0 Å². The summed E-state index contributed by atoms with van der Waals surface area (Å²) in [6.45, 7) is 3.42. The topological polar surface area (TPSA) is 20.3 Å². The first-order chi connectivity index (χ1) is 22.1. The predicted molar refractivity (Wildman–Crippen MR) is 185 cm³/mol. The number of hydrogen-bond donors (Lipinski definition) is 0. The van der Waals surface area contributed by atoms with Crippen LogP contribution in [0.2, 0.25) is 0 Å². The van der Waals surface area contributed by atoms with Gasteiger partial charge in [0.25, 0.3) is 0 Å². The van der Waals surface area contributed by atoms with Crippen molar-refractivity contribution in [3.63, 3.8) is 0 Å². The van der Waals surface area contributed by atoms with Crippen LogP contribution in [0.15, 0.2) is 102 Å². The number of likely N-dealkylation sites (tertiary alicyclic amines) is 1. The minimum Gasteiger partial charge on any atom is -0.299 e. The highest BCUT2D eigenvalue weighted by Crippen LogP contribution is 2.49. The molecule has 0 spiro atoms. The summed E-state index contributed by atoms with van der Waals surface area (Å²) in [7, 11) is 0. The number of rotatable bonds is 11. The Morgan fingerprint density at radius 3 is 2.44 bits per heavy atom. The van der Waals surface area contributed by atoms with Crippen LogP contribution < -0.4 is 0 Å².